The molecule has 1 amide bonds. The van der Waals surface area contributed by atoms with Crippen molar-refractivity contribution in [3.63, 3.8) is 0 Å². The number of rotatable bonds is 8. The predicted molar refractivity (Wildman–Crippen MR) is 101 cm³/mol. The van der Waals surface area contributed by atoms with E-state index in [0.717, 1.165) is 6.42 Å². The summed E-state index contributed by atoms with van der Waals surface area (Å²) >= 11 is 0. The lowest BCUT2D eigenvalue weighted by atomic mass is 10.0. The van der Waals surface area contributed by atoms with Crippen LogP contribution < -0.4 is 5.32 Å². The quantitative estimate of drug-likeness (QED) is 0.553. The molecular weight excluding hydrogens is 330 g/mol. The van der Waals surface area contributed by atoms with Crippen molar-refractivity contribution in [1.82, 2.24) is 0 Å². The first-order chi connectivity index (χ1) is 12.4. The SMILES string of the molecule is CC(C)C(=O)Nc1ccc(C(=O)[C@@H](C)OC(=O)CCC2CCCC2)cc1. The van der Waals surface area contributed by atoms with Gasteiger partial charge in [-0.05, 0) is 43.5 Å². The molecule has 1 N–H and O–H groups in total. The molecule has 0 saturated heterocycles. The largest absolute Gasteiger partial charge is 0.454 e. The maximum Gasteiger partial charge on any atom is 0.306 e. The van der Waals surface area contributed by atoms with E-state index in [2.05, 4.69) is 5.32 Å². The zero-order chi connectivity index (χ0) is 19.1. The number of esters is 1. The molecular formula is C21H29NO4. The van der Waals surface area contributed by atoms with E-state index < -0.39 is 6.10 Å². The molecule has 0 heterocycles. The van der Waals surface area contributed by atoms with Gasteiger partial charge >= 0.3 is 5.97 Å². The molecule has 1 aromatic rings. The van der Waals surface area contributed by atoms with E-state index in [0.29, 0.717) is 23.6 Å². The second kappa shape index (κ2) is 9.51. The Morgan fingerprint density at radius 3 is 2.27 bits per heavy atom. The van der Waals surface area contributed by atoms with Crippen LogP contribution in [0.1, 0.15) is 69.7 Å². The average Bonchev–Trinajstić information content (AvgIpc) is 3.13. The van der Waals surface area contributed by atoms with Crippen LogP contribution in [0.5, 0.6) is 0 Å². The van der Waals surface area contributed by atoms with E-state index in [1.165, 1.54) is 25.7 Å². The monoisotopic (exact) mass is 359 g/mol. The molecule has 1 fully saturated rings. The third kappa shape index (κ3) is 5.97. The summed E-state index contributed by atoms with van der Waals surface area (Å²) < 4.78 is 5.29. The molecule has 142 valence electrons. The fourth-order valence-electron chi connectivity index (χ4n) is 3.17. The van der Waals surface area contributed by atoms with Crippen LogP contribution >= 0.6 is 0 Å². The van der Waals surface area contributed by atoms with Crippen LogP contribution in [-0.4, -0.2) is 23.8 Å². The standard InChI is InChI=1S/C21H29NO4/c1-14(2)21(25)22-18-11-9-17(10-12-18)20(24)15(3)26-19(23)13-8-16-6-4-5-7-16/h9-12,14-16H,4-8,13H2,1-3H3,(H,22,25)/t15-/m1/s1. The van der Waals surface area contributed by atoms with Gasteiger partial charge < -0.3 is 10.1 Å². The lowest BCUT2D eigenvalue weighted by Gasteiger charge is -2.14. The Labute approximate surface area is 155 Å². The van der Waals surface area contributed by atoms with Gasteiger partial charge in [-0.25, -0.2) is 0 Å². The fourth-order valence-corrected chi connectivity index (χ4v) is 3.17. The zero-order valence-corrected chi connectivity index (χ0v) is 15.9. The minimum absolute atomic E-state index is 0.0753. The van der Waals surface area contributed by atoms with Crippen LogP contribution in [0.3, 0.4) is 0 Å². The molecule has 0 unspecified atom stereocenters. The van der Waals surface area contributed by atoms with Crippen molar-refractivity contribution in [3.8, 4) is 0 Å². The maximum absolute atomic E-state index is 12.4. The van der Waals surface area contributed by atoms with E-state index >= 15 is 0 Å². The first-order valence-electron chi connectivity index (χ1n) is 9.51. The zero-order valence-electron chi connectivity index (χ0n) is 15.9. The molecule has 1 atom stereocenters. The highest BCUT2D eigenvalue weighted by molar-refractivity contribution is 6.00. The number of nitrogens with one attached hydrogen (secondary N) is 1. The van der Waals surface area contributed by atoms with Crippen LogP contribution in [0.15, 0.2) is 24.3 Å². The van der Waals surface area contributed by atoms with E-state index in [4.69, 9.17) is 4.74 Å². The molecule has 0 spiro atoms. The molecule has 1 aliphatic carbocycles. The lowest BCUT2D eigenvalue weighted by molar-refractivity contribution is -0.146. The molecule has 2 rings (SSSR count). The van der Waals surface area contributed by atoms with E-state index in [1.54, 1.807) is 31.2 Å². The fraction of sp³-hybridized carbons (Fsp3) is 0.571. The number of hydrogen-bond donors (Lipinski definition) is 1. The van der Waals surface area contributed by atoms with Crippen molar-refractivity contribution in [1.29, 1.82) is 0 Å². The number of anilines is 1. The lowest BCUT2D eigenvalue weighted by Crippen LogP contribution is -2.24. The molecule has 0 radical (unpaired) electrons. The Morgan fingerprint density at radius 2 is 1.69 bits per heavy atom. The Hall–Kier alpha value is -2.17. The summed E-state index contributed by atoms with van der Waals surface area (Å²) in [6, 6.07) is 6.65. The minimum Gasteiger partial charge on any atom is -0.454 e. The Balaban J connectivity index is 1.82. The molecule has 5 nitrogen and oxygen atoms in total. The Kier molecular flexibility index (Phi) is 7.37. The van der Waals surface area contributed by atoms with Crippen molar-refractivity contribution in [2.24, 2.45) is 11.8 Å². The summed E-state index contributed by atoms with van der Waals surface area (Å²) in [5.74, 6) is -0.102. The highest BCUT2D eigenvalue weighted by atomic mass is 16.5. The number of benzene rings is 1. The number of hydrogen-bond acceptors (Lipinski definition) is 4. The van der Waals surface area contributed by atoms with Crippen LogP contribution in [-0.2, 0) is 14.3 Å². The summed E-state index contributed by atoms with van der Waals surface area (Å²) in [5.41, 5.74) is 1.10. The molecule has 0 aliphatic heterocycles. The first kappa shape index (κ1) is 20.1. The van der Waals surface area contributed by atoms with Crippen molar-refractivity contribution in [2.75, 3.05) is 5.32 Å². The molecule has 0 bridgehead atoms. The highest BCUT2D eigenvalue weighted by Gasteiger charge is 2.21. The third-order valence-corrected chi connectivity index (χ3v) is 4.87. The molecule has 0 aromatic heterocycles. The van der Waals surface area contributed by atoms with Crippen molar-refractivity contribution < 1.29 is 19.1 Å². The van der Waals surface area contributed by atoms with Gasteiger partial charge in [0.2, 0.25) is 11.7 Å². The number of amides is 1. The highest BCUT2D eigenvalue weighted by Crippen LogP contribution is 2.28. The average molecular weight is 359 g/mol. The summed E-state index contributed by atoms with van der Waals surface area (Å²) in [6.45, 7) is 5.23. The van der Waals surface area contributed by atoms with E-state index in [1.807, 2.05) is 13.8 Å². The maximum atomic E-state index is 12.4. The second-order valence-corrected chi connectivity index (χ2v) is 7.41. The Morgan fingerprint density at radius 1 is 1.08 bits per heavy atom. The van der Waals surface area contributed by atoms with Crippen LogP contribution in [0.4, 0.5) is 5.69 Å². The van der Waals surface area contributed by atoms with Gasteiger partial charge in [0.15, 0.2) is 6.10 Å². The van der Waals surface area contributed by atoms with Crippen LogP contribution in [0, 0.1) is 11.8 Å². The first-order valence-corrected chi connectivity index (χ1v) is 9.51. The molecule has 5 heteroatoms. The second-order valence-electron chi connectivity index (χ2n) is 7.41. The normalized spacial score (nSPS) is 15.7. The number of Topliss-reactive ketones (excluding diaryl/α,β-unsaturated/α-hetero) is 1. The van der Waals surface area contributed by atoms with Crippen LogP contribution in [0.25, 0.3) is 0 Å². The van der Waals surface area contributed by atoms with E-state index in [9.17, 15) is 14.4 Å². The minimum atomic E-state index is -0.804. The number of ketones is 1. The summed E-state index contributed by atoms with van der Waals surface area (Å²) in [5, 5.41) is 2.78. The number of carbonyl (C=O) groups is 3. The summed E-state index contributed by atoms with van der Waals surface area (Å²) in [4.78, 5) is 36.1. The van der Waals surface area contributed by atoms with Crippen molar-refractivity contribution in [2.45, 2.75) is 65.4 Å². The number of ether oxygens (including phenoxy) is 1. The third-order valence-electron chi connectivity index (χ3n) is 4.87. The van der Waals surface area contributed by atoms with Crippen molar-refractivity contribution in [3.05, 3.63) is 29.8 Å². The van der Waals surface area contributed by atoms with Gasteiger partial charge in [-0.3, -0.25) is 14.4 Å². The molecule has 1 aliphatic rings. The van der Waals surface area contributed by atoms with Crippen molar-refractivity contribution >= 4 is 23.3 Å². The molecule has 1 saturated carbocycles. The Bertz CT molecular complexity index is 630. The van der Waals surface area contributed by atoms with Gasteiger partial charge in [0.25, 0.3) is 0 Å². The summed E-state index contributed by atoms with van der Waals surface area (Å²) in [7, 11) is 0. The topological polar surface area (TPSA) is 72.5 Å². The van der Waals surface area contributed by atoms with E-state index in [-0.39, 0.29) is 23.6 Å². The van der Waals surface area contributed by atoms with Gasteiger partial charge in [0, 0.05) is 23.6 Å². The smallest absolute Gasteiger partial charge is 0.306 e. The van der Waals surface area contributed by atoms with Gasteiger partial charge in [-0.15, -0.1) is 0 Å². The summed E-state index contributed by atoms with van der Waals surface area (Å²) in [6.07, 6.45) is 5.32. The van der Waals surface area contributed by atoms with Gasteiger partial charge in [-0.1, -0.05) is 39.5 Å². The van der Waals surface area contributed by atoms with Gasteiger partial charge in [-0.2, -0.15) is 0 Å². The van der Waals surface area contributed by atoms with Crippen LogP contribution in [0.2, 0.25) is 0 Å². The number of carbonyl (C=O) groups excluding carboxylic acids is 3. The molecule has 1 aromatic carbocycles. The predicted octanol–water partition coefficient (Wildman–Crippen LogP) is 4.37. The van der Waals surface area contributed by atoms with Gasteiger partial charge in [0.1, 0.15) is 0 Å². The van der Waals surface area contributed by atoms with Gasteiger partial charge in [0.05, 0.1) is 0 Å². The molecule has 26 heavy (non-hydrogen) atoms.